The van der Waals surface area contributed by atoms with Gasteiger partial charge in [-0.1, -0.05) is 32.0 Å². The number of nitrogens with one attached hydrogen (secondary N) is 3. The number of nitrogens with zero attached hydrogens (tertiary/aromatic N) is 1. The number of alkyl carbamates (subject to hydrolysis) is 1. The van der Waals surface area contributed by atoms with Crippen LogP contribution in [0.4, 0.5) is 4.79 Å². The molecule has 0 bridgehead atoms. The third-order valence-corrected chi connectivity index (χ3v) is 5.83. The van der Waals surface area contributed by atoms with E-state index in [0.29, 0.717) is 31.4 Å². The number of rotatable bonds is 10. The molecule has 1 aromatic rings. The Balaban J connectivity index is 2.07. The van der Waals surface area contributed by atoms with Gasteiger partial charge in [-0.3, -0.25) is 14.4 Å². The summed E-state index contributed by atoms with van der Waals surface area (Å²) in [5.41, 5.74) is -0.286. The molecule has 0 spiro atoms. The minimum Gasteiger partial charge on any atom is -0.467 e. The molecule has 0 unspecified atom stereocenters. The SMILES string of the molecule is COC(=O)[C@H](CNC(=O)[C@H](CC(C)C)NC(=O)[C@@H]1CCCN1C(=O)c1ccccc1)NC(=O)OC(C)(C)C. The van der Waals surface area contributed by atoms with Crippen molar-refractivity contribution in [3.05, 3.63) is 35.9 Å². The minimum atomic E-state index is -1.19. The first-order valence-electron chi connectivity index (χ1n) is 12.8. The highest BCUT2D eigenvalue weighted by Gasteiger charge is 2.36. The molecule has 1 fully saturated rings. The molecule has 1 aliphatic heterocycles. The van der Waals surface area contributed by atoms with Gasteiger partial charge in [0.25, 0.3) is 5.91 Å². The van der Waals surface area contributed by atoms with Crippen molar-refractivity contribution >= 4 is 29.8 Å². The molecule has 1 aliphatic rings. The standard InChI is InChI=1S/C27H40N4O7/c1-17(2)15-19(22(32)28-16-20(25(35)37-6)30-26(36)38-27(3,4)5)29-23(33)21-13-10-14-31(21)24(34)18-11-8-7-9-12-18/h7-9,11-12,17,19-21H,10,13-16H2,1-6H3,(H,28,32)(H,29,33)(H,30,36)/t19-,20-,21-/m0/s1. The summed E-state index contributed by atoms with van der Waals surface area (Å²) in [6.07, 6.45) is 0.664. The maximum atomic E-state index is 13.2. The average molecular weight is 533 g/mol. The van der Waals surface area contributed by atoms with Gasteiger partial charge in [0.2, 0.25) is 11.8 Å². The smallest absolute Gasteiger partial charge is 0.408 e. The predicted molar refractivity (Wildman–Crippen MR) is 140 cm³/mol. The Kier molecular flexibility index (Phi) is 11.1. The van der Waals surface area contributed by atoms with Gasteiger partial charge in [0.05, 0.1) is 7.11 Å². The first kappa shape index (κ1) is 30.6. The van der Waals surface area contributed by atoms with E-state index in [1.165, 1.54) is 12.0 Å². The van der Waals surface area contributed by atoms with Crippen LogP contribution in [-0.4, -0.2) is 78.6 Å². The van der Waals surface area contributed by atoms with Gasteiger partial charge in [-0.25, -0.2) is 9.59 Å². The first-order chi connectivity index (χ1) is 17.8. The summed E-state index contributed by atoms with van der Waals surface area (Å²) in [6, 6.07) is 5.96. The van der Waals surface area contributed by atoms with Gasteiger partial charge in [0, 0.05) is 18.7 Å². The van der Waals surface area contributed by atoms with Crippen LogP contribution in [0.5, 0.6) is 0 Å². The van der Waals surface area contributed by atoms with E-state index in [1.54, 1.807) is 45.0 Å². The Labute approximate surface area is 224 Å². The number of esters is 1. The summed E-state index contributed by atoms with van der Waals surface area (Å²) in [6.45, 7) is 9.04. The highest BCUT2D eigenvalue weighted by atomic mass is 16.6. The predicted octanol–water partition coefficient (Wildman–Crippen LogP) is 2.00. The summed E-state index contributed by atoms with van der Waals surface area (Å²) in [4.78, 5) is 65.2. The lowest BCUT2D eigenvalue weighted by Crippen LogP contribution is -2.56. The zero-order valence-corrected chi connectivity index (χ0v) is 23.0. The first-order valence-corrected chi connectivity index (χ1v) is 12.8. The lowest BCUT2D eigenvalue weighted by Gasteiger charge is -2.27. The van der Waals surface area contributed by atoms with E-state index in [0.717, 1.165) is 0 Å². The number of ether oxygens (including phenoxy) is 2. The van der Waals surface area contributed by atoms with Crippen molar-refractivity contribution in [2.24, 2.45) is 5.92 Å². The van der Waals surface area contributed by atoms with Crippen LogP contribution in [0.1, 0.15) is 64.2 Å². The van der Waals surface area contributed by atoms with Crippen molar-refractivity contribution in [2.75, 3.05) is 20.2 Å². The van der Waals surface area contributed by atoms with Crippen LogP contribution in [0.15, 0.2) is 30.3 Å². The largest absolute Gasteiger partial charge is 0.467 e. The van der Waals surface area contributed by atoms with E-state index in [-0.39, 0.29) is 18.4 Å². The summed E-state index contributed by atoms with van der Waals surface area (Å²) in [5, 5.41) is 7.81. The van der Waals surface area contributed by atoms with Crippen LogP contribution >= 0.6 is 0 Å². The third-order valence-electron chi connectivity index (χ3n) is 5.83. The summed E-state index contributed by atoms with van der Waals surface area (Å²) in [7, 11) is 1.17. The van der Waals surface area contributed by atoms with Crippen molar-refractivity contribution < 1.29 is 33.4 Å². The monoisotopic (exact) mass is 532 g/mol. The molecule has 210 valence electrons. The molecule has 2 rings (SSSR count). The summed E-state index contributed by atoms with van der Waals surface area (Å²) in [5.74, 6) is -1.87. The van der Waals surface area contributed by atoms with Crippen molar-refractivity contribution in [3.63, 3.8) is 0 Å². The number of carbonyl (C=O) groups excluding carboxylic acids is 5. The molecule has 0 radical (unpaired) electrons. The van der Waals surface area contributed by atoms with Crippen LogP contribution in [-0.2, 0) is 23.9 Å². The molecule has 0 aromatic heterocycles. The van der Waals surface area contributed by atoms with Gasteiger partial charge < -0.3 is 30.3 Å². The molecule has 38 heavy (non-hydrogen) atoms. The minimum absolute atomic E-state index is 0.0629. The van der Waals surface area contributed by atoms with Crippen molar-refractivity contribution in [3.8, 4) is 0 Å². The van der Waals surface area contributed by atoms with Gasteiger partial charge in [0.15, 0.2) is 0 Å². The molecule has 11 heteroatoms. The molecule has 4 amide bonds. The molecular weight excluding hydrogens is 492 g/mol. The van der Waals surface area contributed by atoms with E-state index in [4.69, 9.17) is 9.47 Å². The number of likely N-dealkylation sites (tertiary alicyclic amines) is 1. The Bertz CT molecular complexity index is 991. The van der Waals surface area contributed by atoms with Gasteiger partial charge in [0.1, 0.15) is 23.7 Å². The zero-order chi connectivity index (χ0) is 28.5. The molecule has 11 nitrogen and oxygen atoms in total. The van der Waals surface area contributed by atoms with Crippen LogP contribution < -0.4 is 16.0 Å². The normalized spacial score (nSPS) is 16.8. The average Bonchev–Trinajstić information content (AvgIpc) is 3.34. The molecular formula is C27H40N4O7. The second-order valence-electron chi connectivity index (χ2n) is 10.7. The fourth-order valence-corrected chi connectivity index (χ4v) is 4.11. The van der Waals surface area contributed by atoms with Gasteiger partial charge in [-0.2, -0.15) is 0 Å². The number of hydrogen-bond acceptors (Lipinski definition) is 7. The number of carbonyl (C=O) groups is 5. The fraction of sp³-hybridized carbons (Fsp3) is 0.593. The number of methoxy groups -OCH3 is 1. The molecule has 3 atom stereocenters. The quantitative estimate of drug-likeness (QED) is 0.391. The molecule has 0 aliphatic carbocycles. The molecule has 1 aromatic carbocycles. The zero-order valence-electron chi connectivity index (χ0n) is 23.0. The van der Waals surface area contributed by atoms with E-state index in [1.807, 2.05) is 19.9 Å². The van der Waals surface area contributed by atoms with E-state index in [9.17, 15) is 24.0 Å². The maximum absolute atomic E-state index is 13.2. The van der Waals surface area contributed by atoms with Crippen LogP contribution in [0.3, 0.4) is 0 Å². The molecule has 0 saturated carbocycles. The Morgan fingerprint density at radius 3 is 2.26 bits per heavy atom. The van der Waals surface area contributed by atoms with Crippen LogP contribution in [0.25, 0.3) is 0 Å². The second kappa shape index (κ2) is 13.8. The Morgan fingerprint density at radius 2 is 1.68 bits per heavy atom. The van der Waals surface area contributed by atoms with Gasteiger partial charge in [-0.15, -0.1) is 0 Å². The lowest BCUT2D eigenvalue weighted by molar-refractivity contribution is -0.143. The Morgan fingerprint density at radius 1 is 1.03 bits per heavy atom. The summed E-state index contributed by atoms with van der Waals surface area (Å²) >= 11 is 0. The van der Waals surface area contributed by atoms with E-state index >= 15 is 0 Å². The van der Waals surface area contributed by atoms with Crippen molar-refractivity contribution in [2.45, 2.75) is 77.6 Å². The number of benzene rings is 1. The van der Waals surface area contributed by atoms with Crippen LogP contribution in [0, 0.1) is 5.92 Å². The molecule has 1 heterocycles. The van der Waals surface area contributed by atoms with Gasteiger partial charge >= 0.3 is 12.1 Å². The van der Waals surface area contributed by atoms with E-state index < -0.39 is 47.6 Å². The molecule has 3 N–H and O–H groups in total. The summed E-state index contributed by atoms with van der Waals surface area (Å²) < 4.78 is 9.92. The highest BCUT2D eigenvalue weighted by Crippen LogP contribution is 2.21. The second-order valence-corrected chi connectivity index (χ2v) is 10.7. The van der Waals surface area contributed by atoms with Crippen molar-refractivity contribution in [1.29, 1.82) is 0 Å². The van der Waals surface area contributed by atoms with Crippen LogP contribution in [0.2, 0.25) is 0 Å². The van der Waals surface area contributed by atoms with Gasteiger partial charge in [-0.05, 0) is 58.1 Å². The third kappa shape index (κ3) is 9.35. The number of amides is 4. The maximum Gasteiger partial charge on any atom is 0.408 e. The highest BCUT2D eigenvalue weighted by molar-refractivity contribution is 5.98. The van der Waals surface area contributed by atoms with E-state index in [2.05, 4.69) is 16.0 Å². The Hall–Kier alpha value is -3.63. The topological polar surface area (TPSA) is 143 Å². The number of hydrogen-bond donors (Lipinski definition) is 3. The lowest BCUT2D eigenvalue weighted by atomic mass is 10.0. The van der Waals surface area contributed by atoms with Crippen molar-refractivity contribution in [1.82, 2.24) is 20.9 Å². The molecule has 1 saturated heterocycles. The fourth-order valence-electron chi connectivity index (χ4n) is 4.11.